The Bertz CT molecular complexity index is 555. The summed E-state index contributed by atoms with van der Waals surface area (Å²) in [5.74, 6) is -2.41. The van der Waals surface area contributed by atoms with Gasteiger partial charge in [-0.25, -0.2) is 0 Å². The third kappa shape index (κ3) is 4.69. The third-order valence-corrected chi connectivity index (χ3v) is 2.97. The van der Waals surface area contributed by atoms with E-state index in [0.29, 0.717) is 12.2 Å². The molecule has 1 amide bonds. The number of Topliss-reactive ketones (excluding diaryl/α,β-unsaturated/α-hetero) is 1. The topological polar surface area (TPSA) is 79.2 Å². The van der Waals surface area contributed by atoms with Crippen LogP contribution in [0.3, 0.4) is 0 Å². The molecule has 21 heavy (non-hydrogen) atoms. The fraction of sp³-hybridized carbons (Fsp3) is 0.438. The summed E-state index contributed by atoms with van der Waals surface area (Å²) in [6.45, 7) is 5.80. The van der Waals surface area contributed by atoms with Crippen LogP contribution in [0.2, 0.25) is 0 Å². The van der Waals surface area contributed by atoms with Gasteiger partial charge in [-0.05, 0) is 32.9 Å². The van der Waals surface area contributed by atoms with Crippen LogP contribution >= 0.6 is 0 Å². The van der Waals surface area contributed by atoms with Crippen molar-refractivity contribution in [3.63, 3.8) is 0 Å². The van der Waals surface area contributed by atoms with Gasteiger partial charge in [0.15, 0.2) is 11.7 Å². The summed E-state index contributed by atoms with van der Waals surface area (Å²) in [6, 6.07) is 6.83. The van der Waals surface area contributed by atoms with Crippen molar-refractivity contribution >= 4 is 11.7 Å². The summed E-state index contributed by atoms with van der Waals surface area (Å²) in [5, 5.41) is 11.8. The zero-order valence-corrected chi connectivity index (χ0v) is 12.8. The summed E-state index contributed by atoms with van der Waals surface area (Å²) in [5.41, 5.74) is 2.22. The molecule has 5 heteroatoms. The van der Waals surface area contributed by atoms with Crippen LogP contribution in [-0.2, 0) is 9.53 Å². The highest BCUT2D eigenvalue weighted by Gasteiger charge is 2.28. The van der Waals surface area contributed by atoms with Gasteiger partial charge in [0.25, 0.3) is 0 Å². The molecule has 1 aromatic carbocycles. The standard InChI is InChI=1S/C16H20N2O3/c1-10-5-11(2)7-13(6-10)15(19)14(8-17)16(20)18-12(3)9-21-4/h5-7,12,14H,9H2,1-4H3,(H,18,20)/t12-,14+/m1/s1. The zero-order valence-electron chi connectivity index (χ0n) is 12.8. The van der Waals surface area contributed by atoms with E-state index in [0.717, 1.165) is 11.1 Å². The largest absolute Gasteiger partial charge is 0.383 e. The Kier molecular flexibility index (Phi) is 6.07. The van der Waals surface area contributed by atoms with Gasteiger partial charge in [-0.15, -0.1) is 0 Å². The first-order valence-electron chi connectivity index (χ1n) is 6.70. The number of nitrogens with zero attached hydrogens (tertiary/aromatic N) is 1. The van der Waals surface area contributed by atoms with E-state index in [1.165, 1.54) is 7.11 Å². The SMILES string of the molecule is COC[C@@H](C)NC(=O)[C@@H](C#N)C(=O)c1cc(C)cc(C)c1. The highest BCUT2D eigenvalue weighted by molar-refractivity contribution is 6.12. The molecule has 0 bridgehead atoms. The van der Waals surface area contributed by atoms with Gasteiger partial charge in [-0.1, -0.05) is 17.2 Å². The van der Waals surface area contributed by atoms with Crippen LogP contribution in [0, 0.1) is 31.1 Å². The Hall–Kier alpha value is -2.19. The maximum Gasteiger partial charge on any atom is 0.245 e. The quantitative estimate of drug-likeness (QED) is 0.639. The van der Waals surface area contributed by atoms with Gasteiger partial charge in [0, 0.05) is 18.7 Å². The van der Waals surface area contributed by atoms with Crippen LogP contribution in [0.25, 0.3) is 0 Å². The van der Waals surface area contributed by atoms with Crippen LogP contribution in [0.5, 0.6) is 0 Å². The second-order valence-corrected chi connectivity index (χ2v) is 5.17. The Morgan fingerprint density at radius 1 is 1.29 bits per heavy atom. The van der Waals surface area contributed by atoms with Crippen molar-refractivity contribution in [1.29, 1.82) is 5.26 Å². The van der Waals surface area contributed by atoms with Crippen LogP contribution < -0.4 is 5.32 Å². The summed E-state index contributed by atoms with van der Waals surface area (Å²) < 4.78 is 4.91. The lowest BCUT2D eigenvalue weighted by molar-refractivity contribution is -0.123. The van der Waals surface area contributed by atoms with E-state index >= 15 is 0 Å². The van der Waals surface area contributed by atoms with Gasteiger partial charge in [-0.2, -0.15) is 5.26 Å². The van der Waals surface area contributed by atoms with Crippen LogP contribution in [-0.4, -0.2) is 31.4 Å². The number of carbonyl (C=O) groups is 2. The molecule has 0 fully saturated rings. The molecule has 1 aromatic rings. The van der Waals surface area contributed by atoms with E-state index in [4.69, 9.17) is 10.00 Å². The Morgan fingerprint density at radius 3 is 2.33 bits per heavy atom. The molecule has 1 N–H and O–H groups in total. The average molecular weight is 288 g/mol. The first-order valence-corrected chi connectivity index (χ1v) is 6.70. The molecule has 2 atom stereocenters. The number of benzene rings is 1. The molecular weight excluding hydrogens is 268 g/mol. The number of ketones is 1. The zero-order chi connectivity index (χ0) is 16.0. The molecule has 0 aliphatic heterocycles. The predicted octanol–water partition coefficient (Wildman–Crippen LogP) is 1.78. The lowest BCUT2D eigenvalue weighted by Gasteiger charge is -2.15. The number of carbonyl (C=O) groups excluding carboxylic acids is 2. The molecule has 5 nitrogen and oxygen atoms in total. The number of rotatable bonds is 6. The van der Waals surface area contributed by atoms with Gasteiger partial charge in [-0.3, -0.25) is 9.59 Å². The van der Waals surface area contributed by atoms with Crippen LogP contribution in [0.4, 0.5) is 0 Å². The number of hydrogen-bond donors (Lipinski definition) is 1. The van der Waals surface area contributed by atoms with Gasteiger partial charge >= 0.3 is 0 Å². The number of nitriles is 1. The maximum atomic E-state index is 12.3. The van der Waals surface area contributed by atoms with Gasteiger partial charge < -0.3 is 10.1 Å². The molecule has 0 spiro atoms. The molecule has 0 aromatic heterocycles. The van der Waals surface area contributed by atoms with E-state index in [-0.39, 0.29) is 6.04 Å². The van der Waals surface area contributed by atoms with E-state index in [9.17, 15) is 9.59 Å². The monoisotopic (exact) mass is 288 g/mol. The normalized spacial score (nSPS) is 13.1. The fourth-order valence-electron chi connectivity index (χ4n) is 2.14. The average Bonchev–Trinajstić information content (AvgIpc) is 2.38. The van der Waals surface area contributed by atoms with Crippen molar-refractivity contribution in [2.75, 3.05) is 13.7 Å². The molecule has 0 radical (unpaired) electrons. The molecular formula is C16H20N2O3. The molecule has 0 unspecified atom stereocenters. The lowest BCUT2D eigenvalue weighted by atomic mass is 9.95. The van der Waals surface area contributed by atoms with Gasteiger partial charge in [0.1, 0.15) is 0 Å². The second kappa shape index (κ2) is 7.55. The van der Waals surface area contributed by atoms with Crippen LogP contribution in [0.15, 0.2) is 18.2 Å². The van der Waals surface area contributed by atoms with Crippen molar-refractivity contribution in [1.82, 2.24) is 5.32 Å². The summed E-state index contributed by atoms with van der Waals surface area (Å²) in [4.78, 5) is 24.4. The lowest BCUT2D eigenvalue weighted by Crippen LogP contribution is -2.41. The smallest absolute Gasteiger partial charge is 0.245 e. The molecule has 112 valence electrons. The molecule has 0 aliphatic rings. The first-order chi connectivity index (χ1) is 9.88. The Balaban J connectivity index is 2.91. The number of aryl methyl sites for hydroxylation is 2. The van der Waals surface area contributed by atoms with E-state index in [2.05, 4.69) is 5.32 Å². The number of amides is 1. The molecule has 0 aliphatic carbocycles. The number of nitrogens with one attached hydrogen (secondary N) is 1. The minimum Gasteiger partial charge on any atom is -0.383 e. The van der Waals surface area contributed by atoms with Crippen molar-refractivity contribution < 1.29 is 14.3 Å². The minimum atomic E-state index is -1.34. The highest BCUT2D eigenvalue weighted by Crippen LogP contribution is 2.14. The van der Waals surface area contributed by atoms with Crippen molar-refractivity contribution in [2.45, 2.75) is 26.8 Å². The number of hydrogen-bond acceptors (Lipinski definition) is 4. The van der Waals surface area contributed by atoms with Crippen molar-refractivity contribution in [2.24, 2.45) is 5.92 Å². The van der Waals surface area contributed by atoms with E-state index in [1.807, 2.05) is 19.9 Å². The maximum absolute atomic E-state index is 12.3. The van der Waals surface area contributed by atoms with Crippen LogP contribution in [0.1, 0.15) is 28.4 Å². The molecule has 0 saturated heterocycles. The van der Waals surface area contributed by atoms with E-state index in [1.54, 1.807) is 25.1 Å². The fourth-order valence-corrected chi connectivity index (χ4v) is 2.14. The molecule has 0 saturated carbocycles. The number of methoxy groups -OCH3 is 1. The number of ether oxygens (including phenoxy) is 1. The summed E-state index contributed by atoms with van der Waals surface area (Å²) in [7, 11) is 1.52. The second-order valence-electron chi connectivity index (χ2n) is 5.17. The Labute approximate surface area is 124 Å². The van der Waals surface area contributed by atoms with E-state index < -0.39 is 17.6 Å². The first kappa shape index (κ1) is 16.9. The summed E-state index contributed by atoms with van der Waals surface area (Å²) in [6.07, 6.45) is 0. The predicted molar refractivity (Wildman–Crippen MR) is 78.8 cm³/mol. The summed E-state index contributed by atoms with van der Waals surface area (Å²) >= 11 is 0. The third-order valence-electron chi connectivity index (χ3n) is 2.97. The molecule has 1 rings (SSSR count). The highest BCUT2D eigenvalue weighted by atomic mass is 16.5. The van der Waals surface area contributed by atoms with Crippen molar-refractivity contribution in [3.8, 4) is 6.07 Å². The van der Waals surface area contributed by atoms with Gasteiger partial charge in [0.2, 0.25) is 5.91 Å². The molecule has 0 heterocycles. The van der Waals surface area contributed by atoms with Crippen molar-refractivity contribution in [3.05, 3.63) is 34.9 Å². The Morgan fingerprint density at radius 2 is 1.86 bits per heavy atom. The minimum absolute atomic E-state index is 0.259. The van der Waals surface area contributed by atoms with Gasteiger partial charge in [0.05, 0.1) is 12.7 Å².